The molecule has 1 fully saturated rings. The molecule has 1 atom stereocenters. The van der Waals surface area contributed by atoms with Crippen LogP contribution in [0.1, 0.15) is 24.0 Å². The number of hydrogen-bond donors (Lipinski definition) is 0. The average Bonchev–Trinajstić information content (AvgIpc) is 3.40. The maximum absolute atomic E-state index is 14.8. The van der Waals surface area contributed by atoms with Gasteiger partial charge in [-0.2, -0.15) is 10.3 Å². The van der Waals surface area contributed by atoms with Crippen LogP contribution in [0.25, 0.3) is 0 Å². The molecule has 1 aliphatic carbocycles. The van der Waals surface area contributed by atoms with E-state index in [-0.39, 0.29) is 23.2 Å². The Bertz CT molecular complexity index is 1170. The second kappa shape index (κ2) is 5.75. The van der Waals surface area contributed by atoms with Gasteiger partial charge in [0.05, 0.1) is 17.8 Å². The molecular formula is C21H13F2N4O+. The number of aliphatic imine (C=N–C) groups is 1. The first-order valence-electron chi connectivity index (χ1n) is 8.84. The third-order valence-corrected chi connectivity index (χ3v) is 5.21. The molecule has 1 saturated carbocycles. The predicted molar refractivity (Wildman–Crippen MR) is 99.1 cm³/mol. The van der Waals surface area contributed by atoms with E-state index in [0.29, 0.717) is 11.1 Å². The number of halogens is 2. The minimum absolute atomic E-state index is 0.0767. The van der Waals surface area contributed by atoms with Crippen LogP contribution >= 0.6 is 0 Å². The number of quaternary nitrogens is 1. The summed E-state index contributed by atoms with van der Waals surface area (Å²) in [5.41, 5.74) is 1.93. The highest BCUT2D eigenvalue weighted by atomic mass is 19.1. The van der Waals surface area contributed by atoms with Gasteiger partial charge in [-0.1, -0.05) is 21.8 Å². The third-order valence-electron chi connectivity index (χ3n) is 5.21. The molecular weight excluding hydrogens is 362 g/mol. The van der Waals surface area contributed by atoms with Crippen LogP contribution < -0.4 is 4.59 Å². The smallest absolute Gasteiger partial charge is 0.278 e. The van der Waals surface area contributed by atoms with Gasteiger partial charge in [0, 0.05) is 23.6 Å². The Hall–Kier alpha value is -3.50. The van der Waals surface area contributed by atoms with Gasteiger partial charge >= 0.3 is 5.84 Å². The molecule has 0 bridgehead atoms. The zero-order valence-electron chi connectivity index (χ0n) is 14.6. The van der Waals surface area contributed by atoms with Gasteiger partial charge in [-0.15, -0.1) is 0 Å². The molecule has 136 valence electrons. The van der Waals surface area contributed by atoms with E-state index in [9.17, 15) is 13.6 Å². The summed E-state index contributed by atoms with van der Waals surface area (Å²) in [5.74, 6) is -1.63. The fourth-order valence-electron chi connectivity index (χ4n) is 3.72. The van der Waals surface area contributed by atoms with E-state index in [2.05, 4.69) is 10.1 Å². The van der Waals surface area contributed by atoms with E-state index in [1.54, 1.807) is 30.5 Å². The van der Waals surface area contributed by atoms with Gasteiger partial charge < -0.3 is 0 Å². The summed E-state index contributed by atoms with van der Waals surface area (Å²) in [6.45, 7) is 0. The molecule has 2 aromatic rings. The number of fused-ring (bicyclic) bond motifs is 1. The van der Waals surface area contributed by atoms with E-state index in [1.807, 2.05) is 6.07 Å². The lowest BCUT2D eigenvalue weighted by molar-refractivity contribution is -0.107. The number of amidine groups is 1. The summed E-state index contributed by atoms with van der Waals surface area (Å²) in [4.78, 5) is 17.4. The van der Waals surface area contributed by atoms with Crippen LogP contribution in [0.4, 0.5) is 14.5 Å². The van der Waals surface area contributed by atoms with E-state index >= 15 is 0 Å². The number of benzene rings is 2. The molecule has 2 heterocycles. The molecule has 1 unspecified atom stereocenters. The standard InChI is InChI=1S/C21H13F2N4O/c22-15-7-8-17(16(23)9-15)27-18(13-5-6-13)11-25-21(27)20(28)19(26-27)14-3-1-12(10-24)2-4-14/h1-4,7-9,11,13H,5-6H2/q+1. The van der Waals surface area contributed by atoms with Gasteiger partial charge in [0.2, 0.25) is 5.69 Å². The van der Waals surface area contributed by atoms with Gasteiger partial charge in [0.25, 0.3) is 5.78 Å². The van der Waals surface area contributed by atoms with Crippen molar-refractivity contribution < 1.29 is 13.6 Å². The second-order valence-electron chi connectivity index (χ2n) is 6.98. The topological polar surface area (TPSA) is 65.6 Å². The first kappa shape index (κ1) is 16.7. The lowest BCUT2D eigenvalue weighted by Gasteiger charge is -2.25. The molecule has 28 heavy (non-hydrogen) atoms. The number of carbonyl (C=O) groups excluding carboxylic acids is 1. The summed E-state index contributed by atoms with van der Waals surface area (Å²) < 4.78 is 27.8. The monoisotopic (exact) mass is 375 g/mol. The molecule has 5 rings (SSSR count). The summed E-state index contributed by atoms with van der Waals surface area (Å²) in [5, 5.41) is 13.6. The van der Waals surface area contributed by atoms with Crippen LogP contribution in [-0.4, -0.2) is 17.3 Å². The molecule has 3 aliphatic rings. The molecule has 0 N–H and O–H groups in total. The van der Waals surface area contributed by atoms with Crippen LogP contribution in [-0.2, 0) is 4.79 Å². The van der Waals surface area contributed by atoms with Crippen LogP contribution in [0.3, 0.4) is 0 Å². The lowest BCUT2D eigenvalue weighted by Crippen LogP contribution is -2.46. The summed E-state index contributed by atoms with van der Waals surface area (Å²) in [7, 11) is 0. The van der Waals surface area contributed by atoms with Crippen molar-refractivity contribution in [3.05, 3.63) is 77.1 Å². The van der Waals surface area contributed by atoms with E-state index in [4.69, 9.17) is 5.26 Å². The number of nitriles is 1. The van der Waals surface area contributed by atoms with Crippen molar-refractivity contribution >= 4 is 23.0 Å². The zero-order chi connectivity index (χ0) is 19.5. The molecule has 0 aromatic heterocycles. The fourth-order valence-corrected chi connectivity index (χ4v) is 3.72. The van der Waals surface area contributed by atoms with Gasteiger partial charge in [0.15, 0.2) is 17.2 Å². The van der Waals surface area contributed by atoms with Crippen LogP contribution in [0, 0.1) is 28.9 Å². The summed E-state index contributed by atoms with van der Waals surface area (Å²) in [6, 6.07) is 11.8. The molecule has 0 amide bonds. The number of carbonyl (C=O) groups is 1. The molecule has 0 radical (unpaired) electrons. The quantitative estimate of drug-likeness (QED) is 0.766. The number of hydrogen-bond acceptors (Lipinski definition) is 4. The van der Waals surface area contributed by atoms with Crippen LogP contribution in [0.2, 0.25) is 0 Å². The van der Waals surface area contributed by atoms with Crippen molar-refractivity contribution in [2.75, 3.05) is 0 Å². The Morgan fingerprint density at radius 2 is 1.86 bits per heavy atom. The molecule has 7 heteroatoms. The van der Waals surface area contributed by atoms with Crippen LogP contribution in [0.15, 0.2) is 64.5 Å². The minimum Gasteiger partial charge on any atom is -0.278 e. The van der Waals surface area contributed by atoms with E-state index in [0.717, 1.165) is 30.7 Å². The van der Waals surface area contributed by atoms with Crippen molar-refractivity contribution in [1.82, 2.24) is 4.59 Å². The van der Waals surface area contributed by atoms with Crippen LogP contribution in [0.5, 0.6) is 0 Å². The molecule has 2 aliphatic heterocycles. The molecule has 0 spiro atoms. The Labute approximate surface area is 159 Å². The highest BCUT2D eigenvalue weighted by molar-refractivity contribution is 6.73. The summed E-state index contributed by atoms with van der Waals surface area (Å²) in [6.07, 6.45) is 3.41. The van der Waals surface area contributed by atoms with Crippen molar-refractivity contribution in [2.45, 2.75) is 12.8 Å². The minimum atomic E-state index is -0.779. The Morgan fingerprint density at radius 1 is 1.11 bits per heavy atom. The first-order chi connectivity index (χ1) is 13.5. The van der Waals surface area contributed by atoms with Crippen molar-refractivity contribution in [3.8, 4) is 6.07 Å². The average molecular weight is 375 g/mol. The van der Waals surface area contributed by atoms with Crippen molar-refractivity contribution in [3.63, 3.8) is 0 Å². The normalized spacial score (nSPS) is 23.0. The summed E-state index contributed by atoms with van der Waals surface area (Å²) >= 11 is 0. The van der Waals surface area contributed by atoms with E-state index in [1.165, 1.54) is 6.07 Å². The van der Waals surface area contributed by atoms with Crippen molar-refractivity contribution in [1.29, 1.82) is 5.26 Å². The Morgan fingerprint density at radius 3 is 2.50 bits per heavy atom. The maximum atomic E-state index is 14.8. The first-order valence-corrected chi connectivity index (χ1v) is 8.84. The highest BCUT2D eigenvalue weighted by Crippen LogP contribution is 2.49. The SMILES string of the molecule is N#Cc1ccc(C2=N[N+]3(c4ccc(F)cc4F)C(C4CC4)=CN=C3C2=O)cc1. The number of rotatable bonds is 3. The van der Waals surface area contributed by atoms with Gasteiger partial charge in [-0.05, 0) is 31.0 Å². The predicted octanol–water partition coefficient (Wildman–Crippen LogP) is 3.79. The molecule has 0 saturated heterocycles. The largest absolute Gasteiger partial charge is 0.315 e. The Kier molecular flexibility index (Phi) is 3.42. The van der Waals surface area contributed by atoms with Gasteiger partial charge in [0.1, 0.15) is 5.82 Å². The van der Waals surface area contributed by atoms with Crippen molar-refractivity contribution in [2.24, 2.45) is 16.0 Å². The molecule has 2 aromatic carbocycles. The zero-order valence-corrected chi connectivity index (χ0v) is 14.6. The molecule has 5 nitrogen and oxygen atoms in total. The maximum Gasteiger partial charge on any atom is 0.315 e. The number of Topliss-reactive ketones (excluding diaryl/α,β-unsaturated/α-hetero) is 1. The number of nitrogens with zero attached hydrogens (tertiary/aromatic N) is 4. The van der Waals surface area contributed by atoms with Gasteiger partial charge in [-0.3, -0.25) is 4.79 Å². The van der Waals surface area contributed by atoms with E-state index < -0.39 is 22.0 Å². The highest BCUT2D eigenvalue weighted by Gasteiger charge is 2.60. The lowest BCUT2D eigenvalue weighted by atomic mass is 10.0. The number of allylic oxidation sites excluding steroid dienone is 1. The Balaban J connectivity index is 1.72. The second-order valence-corrected chi connectivity index (χ2v) is 6.98. The number of ketones is 1. The van der Waals surface area contributed by atoms with Gasteiger partial charge in [-0.25, -0.2) is 8.78 Å². The third kappa shape index (κ3) is 2.22. The fraction of sp³-hybridized carbons (Fsp3) is 0.143.